The zero-order valence-electron chi connectivity index (χ0n) is 14.0. The number of nitrogens with one attached hydrogen (secondary N) is 2. The van der Waals surface area contributed by atoms with Crippen molar-refractivity contribution in [3.8, 4) is 0 Å². The van der Waals surface area contributed by atoms with Crippen LogP contribution in [0.15, 0.2) is 61.1 Å². The molecule has 1 aromatic carbocycles. The largest absolute Gasteiger partial charge is 0.352 e. The highest BCUT2D eigenvalue weighted by molar-refractivity contribution is 6.30. The van der Waals surface area contributed by atoms with Gasteiger partial charge in [0.1, 0.15) is 0 Å². The van der Waals surface area contributed by atoms with Gasteiger partial charge in [0, 0.05) is 30.2 Å². The summed E-state index contributed by atoms with van der Waals surface area (Å²) in [6, 6.07) is 13.3. The van der Waals surface area contributed by atoms with Gasteiger partial charge in [0.15, 0.2) is 0 Å². The molecule has 0 aliphatic carbocycles. The number of hydrogen-bond acceptors (Lipinski definition) is 5. The first-order chi connectivity index (χ1) is 12.7. The van der Waals surface area contributed by atoms with Crippen LogP contribution in [0.2, 0.25) is 5.02 Å². The van der Waals surface area contributed by atoms with Gasteiger partial charge >= 0.3 is 0 Å². The van der Waals surface area contributed by atoms with Crippen molar-refractivity contribution in [3.05, 3.63) is 82.9 Å². The fourth-order valence-electron chi connectivity index (χ4n) is 2.28. The number of carbonyl (C=O) groups is 1. The summed E-state index contributed by atoms with van der Waals surface area (Å²) in [5, 5.41) is 6.63. The summed E-state index contributed by atoms with van der Waals surface area (Å²) in [5.41, 5.74) is 2.42. The fourth-order valence-corrected chi connectivity index (χ4v) is 2.41. The summed E-state index contributed by atoms with van der Waals surface area (Å²) in [6.45, 7) is 1.05. The molecule has 26 heavy (non-hydrogen) atoms. The Kier molecular flexibility index (Phi) is 6.11. The first-order valence-electron chi connectivity index (χ1n) is 8.19. The molecular weight excluding hydrogens is 350 g/mol. The predicted octanol–water partition coefficient (Wildman–Crippen LogP) is 3.11. The van der Waals surface area contributed by atoms with Gasteiger partial charge in [-0.05, 0) is 36.2 Å². The Labute approximate surface area is 156 Å². The van der Waals surface area contributed by atoms with E-state index in [0.29, 0.717) is 29.6 Å². The number of amides is 1. The topological polar surface area (TPSA) is 79.8 Å². The smallest absolute Gasteiger partial charge is 0.254 e. The minimum Gasteiger partial charge on any atom is -0.352 e. The summed E-state index contributed by atoms with van der Waals surface area (Å²) in [6.07, 6.45) is 5.47. The van der Waals surface area contributed by atoms with Crippen molar-refractivity contribution < 1.29 is 4.79 Å². The third-order valence-corrected chi connectivity index (χ3v) is 3.93. The van der Waals surface area contributed by atoms with Crippen molar-refractivity contribution >= 4 is 23.5 Å². The van der Waals surface area contributed by atoms with E-state index in [1.165, 1.54) is 12.4 Å². The normalized spacial score (nSPS) is 10.3. The Morgan fingerprint density at radius 2 is 1.77 bits per heavy atom. The van der Waals surface area contributed by atoms with Gasteiger partial charge in [0.25, 0.3) is 5.91 Å². The van der Waals surface area contributed by atoms with Crippen LogP contribution in [0, 0.1) is 0 Å². The molecule has 0 bridgehead atoms. The van der Waals surface area contributed by atoms with Crippen LogP contribution in [0.25, 0.3) is 0 Å². The van der Waals surface area contributed by atoms with Gasteiger partial charge < -0.3 is 10.6 Å². The molecule has 3 rings (SSSR count). The predicted molar refractivity (Wildman–Crippen MR) is 101 cm³/mol. The molecule has 0 saturated heterocycles. The zero-order valence-corrected chi connectivity index (χ0v) is 14.8. The molecule has 2 N–H and O–H groups in total. The van der Waals surface area contributed by atoms with Crippen molar-refractivity contribution in [1.82, 2.24) is 20.3 Å². The number of aromatic nitrogens is 3. The second kappa shape index (κ2) is 8.92. The Balaban J connectivity index is 1.46. The number of nitrogens with zero attached hydrogens (tertiary/aromatic N) is 3. The minimum atomic E-state index is -0.199. The number of rotatable bonds is 7. The van der Waals surface area contributed by atoms with Gasteiger partial charge in [0.05, 0.1) is 17.8 Å². The third kappa shape index (κ3) is 5.26. The Bertz CT molecular complexity index is 838. The first-order valence-corrected chi connectivity index (χ1v) is 8.57. The zero-order chi connectivity index (χ0) is 18.2. The molecule has 0 saturated carbocycles. The van der Waals surface area contributed by atoms with E-state index in [1.807, 2.05) is 42.5 Å². The van der Waals surface area contributed by atoms with Gasteiger partial charge in [-0.1, -0.05) is 29.8 Å². The van der Waals surface area contributed by atoms with E-state index >= 15 is 0 Å². The molecule has 2 heterocycles. The number of pyridine rings is 1. The van der Waals surface area contributed by atoms with Gasteiger partial charge in [-0.15, -0.1) is 0 Å². The van der Waals surface area contributed by atoms with Crippen LogP contribution >= 0.6 is 11.6 Å². The SMILES string of the molecule is O=C(NCCc1ccc(Cl)cc1)c1cnc(NCc2ccccn2)nc1. The standard InChI is InChI=1S/C19H18ClN5O/c20-16-6-4-14(5-7-16)8-10-22-18(26)15-11-23-19(24-12-15)25-13-17-3-1-2-9-21-17/h1-7,9,11-12H,8,10,13H2,(H,22,26)(H,23,24,25). The molecule has 0 radical (unpaired) electrons. The van der Waals surface area contributed by atoms with Crippen molar-refractivity contribution in [2.75, 3.05) is 11.9 Å². The van der Waals surface area contributed by atoms with E-state index in [1.54, 1.807) is 6.20 Å². The lowest BCUT2D eigenvalue weighted by atomic mass is 10.1. The molecule has 6 nitrogen and oxygen atoms in total. The lowest BCUT2D eigenvalue weighted by molar-refractivity contribution is 0.0953. The molecule has 1 amide bonds. The first kappa shape index (κ1) is 17.8. The monoisotopic (exact) mass is 367 g/mol. The summed E-state index contributed by atoms with van der Waals surface area (Å²) in [4.78, 5) is 24.7. The lowest BCUT2D eigenvalue weighted by Gasteiger charge is -2.07. The molecule has 0 fully saturated rings. The highest BCUT2D eigenvalue weighted by Crippen LogP contribution is 2.09. The van der Waals surface area contributed by atoms with Crippen molar-refractivity contribution in [2.24, 2.45) is 0 Å². The van der Waals surface area contributed by atoms with Crippen LogP contribution in [0.4, 0.5) is 5.95 Å². The van der Waals surface area contributed by atoms with Gasteiger partial charge in [-0.25, -0.2) is 9.97 Å². The quantitative estimate of drug-likeness (QED) is 0.670. The van der Waals surface area contributed by atoms with Gasteiger partial charge in [-0.3, -0.25) is 9.78 Å². The van der Waals surface area contributed by atoms with E-state index < -0.39 is 0 Å². The van der Waals surface area contributed by atoms with Crippen LogP contribution in [-0.2, 0) is 13.0 Å². The number of hydrogen-bond donors (Lipinski definition) is 2. The van der Waals surface area contributed by atoms with Crippen LogP contribution in [0.1, 0.15) is 21.6 Å². The molecule has 3 aromatic rings. The molecule has 0 atom stereocenters. The van der Waals surface area contributed by atoms with E-state index in [4.69, 9.17) is 11.6 Å². The second-order valence-electron chi connectivity index (χ2n) is 5.60. The maximum atomic E-state index is 12.1. The van der Waals surface area contributed by atoms with Crippen LogP contribution in [-0.4, -0.2) is 27.4 Å². The van der Waals surface area contributed by atoms with E-state index in [0.717, 1.165) is 17.7 Å². The number of benzene rings is 1. The molecular formula is C19H18ClN5O. The van der Waals surface area contributed by atoms with E-state index in [2.05, 4.69) is 25.6 Å². The fraction of sp³-hybridized carbons (Fsp3) is 0.158. The van der Waals surface area contributed by atoms with Crippen molar-refractivity contribution in [1.29, 1.82) is 0 Å². The molecule has 132 valence electrons. The van der Waals surface area contributed by atoms with Crippen molar-refractivity contribution in [2.45, 2.75) is 13.0 Å². The Morgan fingerprint density at radius 1 is 1.00 bits per heavy atom. The van der Waals surface area contributed by atoms with Crippen molar-refractivity contribution in [3.63, 3.8) is 0 Å². The summed E-state index contributed by atoms with van der Waals surface area (Å²) in [7, 11) is 0. The average molecular weight is 368 g/mol. The van der Waals surface area contributed by atoms with E-state index in [9.17, 15) is 4.79 Å². The minimum absolute atomic E-state index is 0.199. The average Bonchev–Trinajstić information content (AvgIpc) is 2.69. The van der Waals surface area contributed by atoms with Crippen LogP contribution < -0.4 is 10.6 Å². The molecule has 0 spiro atoms. The van der Waals surface area contributed by atoms with Crippen LogP contribution in [0.5, 0.6) is 0 Å². The second-order valence-corrected chi connectivity index (χ2v) is 6.04. The van der Waals surface area contributed by atoms with Gasteiger partial charge in [-0.2, -0.15) is 0 Å². The van der Waals surface area contributed by atoms with E-state index in [-0.39, 0.29) is 5.91 Å². The highest BCUT2D eigenvalue weighted by atomic mass is 35.5. The maximum absolute atomic E-state index is 12.1. The molecule has 7 heteroatoms. The summed E-state index contributed by atoms with van der Waals surface area (Å²) < 4.78 is 0. The van der Waals surface area contributed by atoms with Gasteiger partial charge in [0.2, 0.25) is 5.95 Å². The third-order valence-electron chi connectivity index (χ3n) is 3.68. The lowest BCUT2D eigenvalue weighted by Crippen LogP contribution is -2.26. The molecule has 2 aromatic heterocycles. The number of anilines is 1. The summed E-state index contributed by atoms with van der Waals surface area (Å²) in [5.74, 6) is 0.253. The maximum Gasteiger partial charge on any atom is 0.254 e. The van der Waals surface area contributed by atoms with Crippen LogP contribution in [0.3, 0.4) is 0 Å². The molecule has 0 aliphatic heterocycles. The summed E-state index contributed by atoms with van der Waals surface area (Å²) >= 11 is 5.85. The Morgan fingerprint density at radius 3 is 2.46 bits per heavy atom. The number of carbonyl (C=O) groups excluding carboxylic acids is 1. The number of halogens is 1. The molecule has 0 aliphatic rings. The Hall–Kier alpha value is -2.99. The molecule has 0 unspecified atom stereocenters. The highest BCUT2D eigenvalue weighted by Gasteiger charge is 2.07.